The predicted octanol–water partition coefficient (Wildman–Crippen LogP) is 3.49. The number of aliphatic hydroxyl groups excluding tert-OH is 2. The van der Waals surface area contributed by atoms with Crippen molar-refractivity contribution in [2.75, 3.05) is 0 Å². The smallest absolute Gasteiger partial charge is 0.159 e. The second-order valence-electron chi connectivity index (χ2n) is 9.45. The van der Waals surface area contributed by atoms with Crippen molar-refractivity contribution in [2.24, 2.45) is 34.5 Å². The third-order valence-corrected chi connectivity index (χ3v) is 8.73. The number of ketones is 1. The number of hydrogen-bond donors (Lipinski definition) is 2. The van der Waals surface area contributed by atoms with Crippen LogP contribution < -0.4 is 0 Å². The average Bonchev–Trinajstić information content (AvgIpc) is 2.81. The Morgan fingerprint density at radius 1 is 1.00 bits per heavy atom. The average molecular weight is 332 g/mol. The van der Waals surface area contributed by atoms with Crippen LogP contribution >= 0.6 is 0 Å². The van der Waals surface area contributed by atoms with Crippen molar-refractivity contribution in [2.45, 2.75) is 77.9 Å². The second kappa shape index (κ2) is 5.41. The highest BCUT2D eigenvalue weighted by molar-refractivity contribution is 5.99. The molecule has 8 atom stereocenters. The van der Waals surface area contributed by atoms with E-state index in [2.05, 4.69) is 19.9 Å². The van der Waals surface area contributed by atoms with E-state index in [4.69, 9.17) is 0 Å². The lowest BCUT2D eigenvalue weighted by molar-refractivity contribution is -0.169. The van der Waals surface area contributed by atoms with Crippen LogP contribution in [0.15, 0.2) is 11.6 Å². The summed E-state index contributed by atoms with van der Waals surface area (Å²) >= 11 is 0. The fraction of sp³-hybridized carbons (Fsp3) is 0.857. The third-order valence-electron chi connectivity index (χ3n) is 8.73. The van der Waals surface area contributed by atoms with Gasteiger partial charge in [-0.3, -0.25) is 4.79 Å². The van der Waals surface area contributed by atoms with Gasteiger partial charge in [-0.25, -0.2) is 0 Å². The van der Waals surface area contributed by atoms with E-state index >= 15 is 0 Å². The number of fused-ring (bicyclic) bond motifs is 5. The van der Waals surface area contributed by atoms with Gasteiger partial charge in [0, 0.05) is 6.42 Å². The lowest BCUT2D eigenvalue weighted by atomic mass is 9.44. The highest BCUT2D eigenvalue weighted by Crippen LogP contribution is 2.66. The van der Waals surface area contributed by atoms with Crippen molar-refractivity contribution < 1.29 is 15.0 Å². The summed E-state index contributed by atoms with van der Waals surface area (Å²) < 4.78 is 0. The molecule has 0 saturated heterocycles. The van der Waals surface area contributed by atoms with Crippen LogP contribution in [-0.2, 0) is 4.79 Å². The molecule has 0 radical (unpaired) electrons. The van der Waals surface area contributed by atoms with Crippen LogP contribution in [0.4, 0.5) is 0 Å². The number of Topliss-reactive ketones (excluding diaryl/α,β-unsaturated/α-hetero) is 1. The molecule has 2 N–H and O–H groups in total. The van der Waals surface area contributed by atoms with Gasteiger partial charge in [-0.05, 0) is 85.5 Å². The molecule has 4 saturated carbocycles. The van der Waals surface area contributed by atoms with Crippen LogP contribution in [0.3, 0.4) is 0 Å². The van der Waals surface area contributed by atoms with Crippen molar-refractivity contribution in [1.29, 1.82) is 0 Å². The quantitative estimate of drug-likeness (QED) is 0.668. The Kier molecular flexibility index (Phi) is 3.78. The molecule has 0 bridgehead atoms. The maximum atomic E-state index is 12.6. The molecule has 0 aromatic heterocycles. The van der Waals surface area contributed by atoms with Crippen LogP contribution in [0, 0.1) is 34.5 Å². The Hall–Kier alpha value is -0.670. The SMILES string of the molecule is CC=C1C(=O)C[C@H]2[C@@H]3CCC4C(O)C(O)CC[C@]4(C)[C@H]3CC[C@]12C. The molecule has 4 rings (SSSR count). The van der Waals surface area contributed by atoms with Gasteiger partial charge in [0.2, 0.25) is 0 Å². The van der Waals surface area contributed by atoms with Crippen LogP contribution in [-0.4, -0.2) is 28.2 Å². The van der Waals surface area contributed by atoms with Gasteiger partial charge in [-0.1, -0.05) is 19.9 Å². The minimum atomic E-state index is -0.561. The van der Waals surface area contributed by atoms with E-state index in [0.717, 1.165) is 50.5 Å². The molecule has 3 unspecified atom stereocenters. The molecule has 0 amide bonds. The number of rotatable bonds is 0. The summed E-state index contributed by atoms with van der Waals surface area (Å²) in [5.74, 6) is 2.29. The Balaban J connectivity index is 1.67. The van der Waals surface area contributed by atoms with Gasteiger partial charge >= 0.3 is 0 Å². The van der Waals surface area contributed by atoms with Gasteiger partial charge in [-0.2, -0.15) is 0 Å². The summed E-state index contributed by atoms with van der Waals surface area (Å²) in [7, 11) is 0. The predicted molar refractivity (Wildman–Crippen MR) is 93.3 cm³/mol. The zero-order valence-corrected chi connectivity index (χ0v) is 15.3. The second-order valence-corrected chi connectivity index (χ2v) is 9.45. The lowest BCUT2D eigenvalue weighted by Gasteiger charge is -2.61. The first-order valence-electron chi connectivity index (χ1n) is 9.89. The lowest BCUT2D eigenvalue weighted by Crippen LogP contribution is -2.57. The van der Waals surface area contributed by atoms with E-state index in [9.17, 15) is 15.0 Å². The minimum absolute atomic E-state index is 0.0724. The van der Waals surface area contributed by atoms with Crippen molar-refractivity contribution >= 4 is 5.78 Å². The summed E-state index contributed by atoms with van der Waals surface area (Å²) in [6, 6.07) is 0. The largest absolute Gasteiger partial charge is 0.390 e. The number of carbonyl (C=O) groups excluding carboxylic acids is 1. The normalized spacial score (nSPS) is 55.9. The Morgan fingerprint density at radius 3 is 2.46 bits per heavy atom. The van der Waals surface area contributed by atoms with E-state index < -0.39 is 12.2 Å². The molecule has 4 fully saturated rings. The summed E-state index contributed by atoms with van der Waals surface area (Å²) in [6.45, 7) is 6.70. The maximum absolute atomic E-state index is 12.6. The summed E-state index contributed by atoms with van der Waals surface area (Å²) in [5.41, 5.74) is 1.28. The van der Waals surface area contributed by atoms with Crippen molar-refractivity contribution in [3.63, 3.8) is 0 Å². The molecule has 0 heterocycles. The molecule has 134 valence electrons. The first kappa shape index (κ1) is 16.8. The van der Waals surface area contributed by atoms with E-state index in [1.807, 2.05) is 6.92 Å². The fourth-order valence-corrected chi connectivity index (χ4v) is 7.46. The van der Waals surface area contributed by atoms with E-state index in [1.54, 1.807) is 0 Å². The van der Waals surface area contributed by atoms with Gasteiger partial charge in [-0.15, -0.1) is 0 Å². The highest BCUT2D eigenvalue weighted by atomic mass is 16.3. The minimum Gasteiger partial charge on any atom is -0.390 e. The zero-order valence-electron chi connectivity index (χ0n) is 15.3. The van der Waals surface area contributed by atoms with Gasteiger partial charge in [0.1, 0.15) is 0 Å². The molecule has 4 aliphatic carbocycles. The van der Waals surface area contributed by atoms with Gasteiger partial charge in [0.05, 0.1) is 12.2 Å². The summed E-state index contributed by atoms with van der Waals surface area (Å²) in [4.78, 5) is 12.6. The Morgan fingerprint density at radius 2 is 1.75 bits per heavy atom. The summed E-state index contributed by atoms with van der Waals surface area (Å²) in [5, 5.41) is 20.7. The molecular formula is C21H32O3. The maximum Gasteiger partial charge on any atom is 0.159 e. The van der Waals surface area contributed by atoms with Crippen molar-refractivity contribution in [3.05, 3.63) is 11.6 Å². The standard InChI is InChI=1S/C21H32O3/c1-4-13-18(23)11-16-12-5-6-15-19(24)17(22)8-10-21(15,3)14(12)7-9-20(13,16)2/h4,12,14-17,19,22,24H,5-11H2,1-3H3/t12-,14+,15?,16+,17?,19?,20-,21-/m1/s1. The molecule has 0 spiro atoms. The fourth-order valence-electron chi connectivity index (χ4n) is 7.46. The van der Waals surface area contributed by atoms with Gasteiger partial charge in [0.25, 0.3) is 0 Å². The molecule has 0 aliphatic heterocycles. The summed E-state index contributed by atoms with van der Waals surface area (Å²) in [6.07, 6.45) is 7.80. The zero-order chi connectivity index (χ0) is 17.3. The van der Waals surface area contributed by atoms with Crippen LogP contribution in [0.5, 0.6) is 0 Å². The molecular weight excluding hydrogens is 300 g/mol. The Labute approximate surface area is 145 Å². The Bertz CT molecular complexity index is 582. The van der Waals surface area contributed by atoms with E-state index in [1.165, 1.54) is 0 Å². The van der Waals surface area contributed by atoms with Gasteiger partial charge in [0.15, 0.2) is 5.78 Å². The third kappa shape index (κ3) is 2.00. The number of carbonyl (C=O) groups is 1. The van der Waals surface area contributed by atoms with Crippen molar-refractivity contribution in [1.82, 2.24) is 0 Å². The first-order chi connectivity index (χ1) is 11.3. The number of aliphatic hydroxyl groups is 2. The molecule has 3 heteroatoms. The molecule has 0 aromatic rings. The van der Waals surface area contributed by atoms with Crippen LogP contribution in [0.1, 0.15) is 65.7 Å². The first-order valence-corrected chi connectivity index (χ1v) is 9.89. The van der Waals surface area contributed by atoms with Crippen LogP contribution in [0.25, 0.3) is 0 Å². The number of hydrogen-bond acceptors (Lipinski definition) is 3. The number of allylic oxidation sites excluding steroid dienone is 2. The van der Waals surface area contributed by atoms with E-state index in [0.29, 0.717) is 23.5 Å². The topological polar surface area (TPSA) is 57.5 Å². The van der Waals surface area contributed by atoms with Crippen molar-refractivity contribution in [3.8, 4) is 0 Å². The molecule has 24 heavy (non-hydrogen) atoms. The molecule has 3 nitrogen and oxygen atoms in total. The van der Waals surface area contributed by atoms with Crippen LogP contribution in [0.2, 0.25) is 0 Å². The van der Waals surface area contributed by atoms with E-state index in [-0.39, 0.29) is 16.7 Å². The molecule has 4 aliphatic rings. The monoisotopic (exact) mass is 332 g/mol. The highest BCUT2D eigenvalue weighted by Gasteiger charge is 2.61. The van der Waals surface area contributed by atoms with Gasteiger partial charge < -0.3 is 10.2 Å². The molecule has 0 aromatic carbocycles.